The molecule has 0 bridgehead atoms. The summed E-state index contributed by atoms with van der Waals surface area (Å²) in [6.45, 7) is 10.6. The van der Waals surface area contributed by atoms with Gasteiger partial charge in [0.05, 0.1) is 5.69 Å². The number of carbonyl (C=O) groups is 2. The summed E-state index contributed by atoms with van der Waals surface area (Å²) in [4.78, 5) is 35.2. The van der Waals surface area contributed by atoms with Gasteiger partial charge in [-0.15, -0.1) is 0 Å². The molecule has 0 unspecified atom stereocenters. The van der Waals surface area contributed by atoms with Crippen LogP contribution in [0.5, 0.6) is 0 Å². The maximum absolute atomic E-state index is 13.3. The van der Waals surface area contributed by atoms with Gasteiger partial charge in [0.25, 0.3) is 11.8 Å². The van der Waals surface area contributed by atoms with Crippen molar-refractivity contribution < 1.29 is 9.59 Å². The Labute approximate surface area is 254 Å². The molecular weight excluding hydrogens is 534 g/mol. The normalized spacial score (nSPS) is 16.8. The number of nitrogens with one attached hydrogen (secondary N) is 3. The third-order valence-corrected chi connectivity index (χ3v) is 8.25. The highest BCUT2D eigenvalue weighted by Gasteiger charge is 2.22. The minimum Gasteiger partial charge on any atom is -0.349 e. The largest absolute Gasteiger partial charge is 0.349 e. The molecule has 3 aromatic carbocycles. The van der Waals surface area contributed by atoms with Crippen LogP contribution in [0.4, 0.5) is 17.3 Å². The van der Waals surface area contributed by atoms with Gasteiger partial charge >= 0.3 is 0 Å². The molecule has 3 N–H and O–H groups in total. The summed E-state index contributed by atoms with van der Waals surface area (Å²) >= 11 is 0. The van der Waals surface area contributed by atoms with E-state index in [1.165, 1.54) is 0 Å². The molecule has 0 saturated heterocycles. The van der Waals surface area contributed by atoms with E-state index in [1.807, 2.05) is 79.7 Å². The lowest BCUT2D eigenvalue weighted by Crippen LogP contribution is -2.37. The second kappa shape index (κ2) is 12.8. The van der Waals surface area contributed by atoms with Crippen LogP contribution in [0, 0.1) is 12.8 Å². The number of rotatable bonds is 7. The van der Waals surface area contributed by atoms with Crippen molar-refractivity contribution in [3.05, 3.63) is 101 Å². The van der Waals surface area contributed by atoms with Gasteiger partial charge in [-0.1, -0.05) is 58.0 Å². The summed E-state index contributed by atoms with van der Waals surface area (Å²) in [6, 6.07) is 23.0. The predicted molar refractivity (Wildman–Crippen MR) is 174 cm³/mol. The molecule has 0 aliphatic heterocycles. The summed E-state index contributed by atoms with van der Waals surface area (Å²) in [6.07, 6.45) is 6.12. The number of nitrogens with zero attached hydrogens (tertiary/aromatic N) is 2. The first kappa shape index (κ1) is 30.0. The Kier molecular flexibility index (Phi) is 8.90. The van der Waals surface area contributed by atoms with Crippen molar-refractivity contribution in [2.24, 2.45) is 5.92 Å². The van der Waals surface area contributed by atoms with Crippen molar-refractivity contribution in [2.45, 2.75) is 71.8 Å². The van der Waals surface area contributed by atoms with Crippen molar-refractivity contribution in [1.82, 2.24) is 15.3 Å². The van der Waals surface area contributed by atoms with Gasteiger partial charge in [0.1, 0.15) is 0 Å². The van der Waals surface area contributed by atoms with E-state index in [9.17, 15) is 9.59 Å². The van der Waals surface area contributed by atoms with Crippen LogP contribution in [0.15, 0.2) is 79.0 Å². The SMILES string of the molecule is Cc1c(NC(=O)c2ccccc2C(C)(C)C)cccc1-c1ccnc(Nc2ccc(C(=O)NC3CCC(C)CC3)cc2)n1. The zero-order valence-corrected chi connectivity index (χ0v) is 25.7. The Hall–Kier alpha value is -4.52. The molecule has 7 nitrogen and oxygen atoms in total. The lowest BCUT2D eigenvalue weighted by atomic mass is 9.83. The lowest BCUT2D eigenvalue weighted by Gasteiger charge is -2.26. The van der Waals surface area contributed by atoms with Gasteiger partial charge < -0.3 is 16.0 Å². The lowest BCUT2D eigenvalue weighted by molar-refractivity contribution is 0.0922. The Morgan fingerprint density at radius 2 is 1.56 bits per heavy atom. The van der Waals surface area contributed by atoms with Gasteiger partial charge in [0.2, 0.25) is 5.95 Å². The minimum atomic E-state index is -0.157. The first-order chi connectivity index (χ1) is 20.6. The van der Waals surface area contributed by atoms with Crippen molar-refractivity contribution in [3.63, 3.8) is 0 Å². The zero-order valence-electron chi connectivity index (χ0n) is 25.7. The van der Waals surface area contributed by atoms with Crippen LogP contribution in [0.3, 0.4) is 0 Å². The van der Waals surface area contributed by atoms with E-state index in [2.05, 4.69) is 48.6 Å². The van der Waals surface area contributed by atoms with Crippen LogP contribution in [-0.4, -0.2) is 27.8 Å². The third kappa shape index (κ3) is 7.28. The molecule has 222 valence electrons. The Balaban J connectivity index is 1.28. The number of hydrogen-bond acceptors (Lipinski definition) is 5. The monoisotopic (exact) mass is 575 g/mol. The van der Waals surface area contributed by atoms with Crippen LogP contribution in [-0.2, 0) is 5.41 Å². The van der Waals surface area contributed by atoms with E-state index in [4.69, 9.17) is 4.98 Å². The number of aromatic nitrogens is 2. The van der Waals surface area contributed by atoms with Gasteiger partial charge in [-0.25, -0.2) is 9.97 Å². The zero-order chi connectivity index (χ0) is 30.6. The van der Waals surface area contributed by atoms with E-state index < -0.39 is 0 Å². The molecule has 1 heterocycles. The number of hydrogen-bond donors (Lipinski definition) is 3. The van der Waals surface area contributed by atoms with E-state index in [1.54, 1.807) is 6.20 Å². The van der Waals surface area contributed by atoms with E-state index >= 15 is 0 Å². The van der Waals surface area contributed by atoms with Gasteiger partial charge in [0.15, 0.2) is 0 Å². The average molecular weight is 576 g/mol. The summed E-state index contributed by atoms with van der Waals surface area (Å²) in [5.74, 6) is 1.02. The van der Waals surface area contributed by atoms with Crippen molar-refractivity contribution >= 4 is 29.1 Å². The molecule has 2 amide bonds. The molecule has 4 aromatic rings. The Morgan fingerprint density at radius 3 is 2.28 bits per heavy atom. The van der Waals surface area contributed by atoms with Gasteiger partial charge in [-0.2, -0.15) is 0 Å². The quantitative estimate of drug-likeness (QED) is 0.207. The second-order valence-electron chi connectivity index (χ2n) is 12.6. The minimum absolute atomic E-state index is 0.0336. The Morgan fingerprint density at radius 1 is 0.837 bits per heavy atom. The first-order valence-corrected chi connectivity index (χ1v) is 15.1. The molecule has 1 aromatic heterocycles. The molecule has 1 fully saturated rings. The topological polar surface area (TPSA) is 96.0 Å². The summed E-state index contributed by atoms with van der Waals surface area (Å²) < 4.78 is 0. The van der Waals surface area contributed by atoms with Crippen LogP contribution in [0.2, 0.25) is 0 Å². The summed E-state index contributed by atoms with van der Waals surface area (Å²) in [5.41, 5.74) is 6.22. The van der Waals surface area contributed by atoms with Gasteiger partial charge in [-0.05, 0) is 97.5 Å². The molecule has 1 aliphatic carbocycles. The predicted octanol–water partition coefficient (Wildman–Crippen LogP) is 8.05. The number of anilines is 3. The van der Waals surface area contributed by atoms with Gasteiger partial charge in [-0.3, -0.25) is 9.59 Å². The average Bonchev–Trinajstić information content (AvgIpc) is 2.99. The molecule has 0 spiro atoms. The van der Waals surface area contributed by atoms with Crippen molar-refractivity contribution in [1.29, 1.82) is 0 Å². The first-order valence-electron chi connectivity index (χ1n) is 15.1. The highest BCUT2D eigenvalue weighted by Crippen LogP contribution is 2.30. The molecule has 0 radical (unpaired) electrons. The van der Waals surface area contributed by atoms with Crippen LogP contribution < -0.4 is 16.0 Å². The smallest absolute Gasteiger partial charge is 0.255 e. The molecule has 5 rings (SSSR count). The number of amides is 2. The summed E-state index contributed by atoms with van der Waals surface area (Å²) in [5, 5.41) is 9.55. The van der Waals surface area contributed by atoms with Crippen molar-refractivity contribution in [3.8, 4) is 11.3 Å². The highest BCUT2D eigenvalue weighted by molar-refractivity contribution is 6.06. The fourth-order valence-electron chi connectivity index (χ4n) is 5.65. The molecule has 43 heavy (non-hydrogen) atoms. The number of carbonyl (C=O) groups excluding carboxylic acids is 2. The fraction of sp³-hybridized carbons (Fsp3) is 0.333. The maximum Gasteiger partial charge on any atom is 0.255 e. The molecule has 0 atom stereocenters. The Bertz CT molecular complexity index is 1600. The van der Waals surface area contributed by atoms with Gasteiger partial charge in [0, 0.05) is 40.3 Å². The summed E-state index contributed by atoms with van der Waals surface area (Å²) in [7, 11) is 0. The van der Waals surface area contributed by atoms with Crippen LogP contribution >= 0.6 is 0 Å². The maximum atomic E-state index is 13.3. The second-order valence-corrected chi connectivity index (χ2v) is 12.6. The van der Waals surface area contributed by atoms with E-state index in [-0.39, 0.29) is 23.3 Å². The van der Waals surface area contributed by atoms with Crippen molar-refractivity contribution in [2.75, 3.05) is 10.6 Å². The molecule has 1 aliphatic rings. The molecule has 7 heteroatoms. The molecular formula is C36H41N5O2. The molecule has 1 saturated carbocycles. The highest BCUT2D eigenvalue weighted by atomic mass is 16.2. The third-order valence-electron chi connectivity index (χ3n) is 8.25. The number of benzene rings is 3. The fourth-order valence-corrected chi connectivity index (χ4v) is 5.65. The van der Waals surface area contributed by atoms with E-state index in [0.29, 0.717) is 17.1 Å². The van der Waals surface area contributed by atoms with Crippen LogP contribution in [0.1, 0.15) is 85.2 Å². The standard InChI is InChI=1S/C36H41N5O2/c1-23-13-17-26(18-14-23)38-33(42)25-15-19-27(20-16-25)39-35-37-22-21-32(41-35)28-10-8-12-31(24(28)2)40-34(43)29-9-6-7-11-30(29)36(3,4)5/h6-12,15-16,19-23,26H,13-14,17-18H2,1-5H3,(H,38,42)(H,40,43)(H,37,39,41). The van der Waals surface area contributed by atoms with Crippen LogP contribution in [0.25, 0.3) is 11.3 Å². The van der Waals surface area contributed by atoms with E-state index in [0.717, 1.165) is 65.4 Å².